The van der Waals surface area contributed by atoms with Gasteiger partial charge in [0.1, 0.15) is 0 Å². The Balaban J connectivity index is 1.49. The van der Waals surface area contributed by atoms with Crippen LogP contribution in [0.1, 0.15) is 24.8 Å². The summed E-state index contributed by atoms with van der Waals surface area (Å²) in [5.41, 5.74) is 1.89. The van der Waals surface area contributed by atoms with Crippen molar-refractivity contribution in [3.8, 4) is 0 Å². The van der Waals surface area contributed by atoms with Crippen LogP contribution in [0.15, 0.2) is 64.5 Å². The molecule has 3 aromatic rings. The van der Waals surface area contributed by atoms with Gasteiger partial charge in [0.05, 0.1) is 16.7 Å². The molecule has 0 bridgehead atoms. The Morgan fingerprint density at radius 1 is 1.10 bits per heavy atom. The van der Waals surface area contributed by atoms with Gasteiger partial charge in [-0.1, -0.05) is 54.2 Å². The lowest BCUT2D eigenvalue weighted by Crippen LogP contribution is -2.28. The highest BCUT2D eigenvalue weighted by Crippen LogP contribution is 2.27. The fourth-order valence-corrected chi connectivity index (χ4v) is 4.16. The Hall–Kier alpha value is -2.60. The van der Waals surface area contributed by atoms with Gasteiger partial charge in [-0.2, -0.15) is 0 Å². The number of para-hydroxylation sites is 1. The van der Waals surface area contributed by atoms with Crippen LogP contribution in [0.5, 0.6) is 0 Å². The zero-order valence-electron chi connectivity index (χ0n) is 16.3. The van der Waals surface area contributed by atoms with Gasteiger partial charge in [0.2, 0.25) is 5.91 Å². The monoisotopic (exact) mass is 407 g/mol. The third-order valence-corrected chi connectivity index (χ3v) is 6.11. The highest BCUT2D eigenvalue weighted by Gasteiger charge is 2.21. The van der Waals surface area contributed by atoms with E-state index in [1.165, 1.54) is 30.2 Å². The number of benzene rings is 2. The van der Waals surface area contributed by atoms with Crippen LogP contribution in [-0.2, 0) is 17.8 Å². The van der Waals surface area contributed by atoms with E-state index in [1.54, 1.807) is 4.57 Å². The number of thioether (sulfide) groups is 1. The number of carbonyl (C=O) groups is 1. The Morgan fingerprint density at radius 2 is 1.86 bits per heavy atom. The number of nitrogens with one attached hydrogen (secondary N) is 1. The minimum absolute atomic E-state index is 0.000133. The Labute approximate surface area is 174 Å². The minimum Gasteiger partial charge on any atom is -0.355 e. The molecule has 0 saturated heterocycles. The van der Waals surface area contributed by atoms with Gasteiger partial charge in [0.25, 0.3) is 5.56 Å². The van der Waals surface area contributed by atoms with Crippen molar-refractivity contribution in [3.63, 3.8) is 0 Å². The van der Waals surface area contributed by atoms with Crippen molar-refractivity contribution < 1.29 is 4.79 Å². The first-order chi connectivity index (χ1) is 14.2. The maximum absolute atomic E-state index is 13.1. The molecule has 0 radical (unpaired) electrons. The largest absolute Gasteiger partial charge is 0.355 e. The van der Waals surface area contributed by atoms with Crippen molar-refractivity contribution in [3.05, 3.63) is 70.5 Å². The van der Waals surface area contributed by atoms with Crippen molar-refractivity contribution in [2.75, 3.05) is 12.3 Å². The molecule has 2 aromatic carbocycles. The minimum atomic E-state index is -0.0375. The third kappa shape index (κ3) is 5.26. The smallest absolute Gasteiger partial charge is 0.262 e. The van der Waals surface area contributed by atoms with E-state index in [9.17, 15) is 9.59 Å². The number of aromatic nitrogens is 2. The van der Waals surface area contributed by atoms with Gasteiger partial charge in [0, 0.05) is 13.1 Å². The SMILES string of the molecule is O=C(CSc1nc2ccccc2c(=O)n1CCCc1ccccc1)NCC1CC1. The van der Waals surface area contributed by atoms with E-state index in [1.807, 2.05) is 42.5 Å². The van der Waals surface area contributed by atoms with Gasteiger partial charge < -0.3 is 5.32 Å². The molecule has 0 unspecified atom stereocenters. The predicted molar refractivity (Wildman–Crippen MR) is 117 cm³/mol. The van der Waals surface area contributed by atoms with Crippen LogP contribution < -0.4 is 10.9 Å². The quantitative estimate of drug-likeness (QED) is 0.434. The number of nitrogens with zero attached hydrogens (tertiary/aromatic N) is 2. The molecule has 150 valence electrons. The molecule has 1 aliphatic carbocycles. The molecule has 0 spiro atoms. The van der Waals surface area contributed by atoms with Crippen LogP contribution in [0, 0.1) is 5.92 Å². The van der Waals surface area contributed by atoms with E-state index in [2.05, 4.69) is 22.4 Å². The predicted octanol–water partition coefficient (Wildman–Crippen LogP) is 3.65. The van der Waals surface area contributed by atoms with Crippen LogP contribution in [-0.4, -0.2) is 27.8 Å². The lowest BCUT2D eigenvalue weighted by atomic mass is 10.1. The van der Waals surface area contributed by atoms with Crippen LogP contribution in [0.2, 0.25) is 0 Å². The molecule has 1 heterocycles. The van der Waals surface area contributed by atoms with Crippen molar-refractivity contribution in [1.82, 2.24) is 14.9 Å². The second-order valence-corrected chi connectivity index (χ2v) is 8.44. The third-order valence-electron chi connectivity index (χ3n) is 5.13. The molecule has 0 atom stereocenters. The molecule has 6 heteroatoms. The van der Waals surface area contributed by atoms with Gasteiger partial charge in [-0.3, -0.25) is 14.2 Å². The summed E-state index contributed by atoms with van der Waals surface area (Å²) in [6.07, 6.45) is 4.15. The zero-order valence-corrected chi connectivity index (χ0v) is 17.2. The summed E-state index contributed by atoms with van der Waals surface area (Å²) < 4.78 is 1.73. The average molecular weight is 408 g/mol. The van der Waals surface area contributed by atoms with E-state index in [-0.39, 0.29) is 17.2 Å². The molecule has 4 rings (SSSR count). The molecule has 1 aliphatic rings. The Kier molecular flexibility index (Phi) is 6.30. The maximum Gasteiger partial charge on any atom is 0.262 e. The van der Waals surface area contributed by atoms with Crippen LogP contribution in [0.3, 0.4) is 0 Å². The first kappa shape index (κ1) is 19.7. The van der Waals surface area contributed by atoms with Gasteiger partial charge >= 0.3 is 0 Å². The summed E-state index contributed by atoms with van der Waals surface area (Å²) in [6, 6.07) is 17.7. The lowest BCUT2D eigenvalue weighted by molar-refractivity contribution is -0.118. The summed E-state index contributed by atoms with van der Waals surface area (Å²) in [5, 5.41) is 4.21. The molecular formula is C23H25N3O2S. The zero-order chi connectivity index (χ0) is 20.1. The number of rotatable bonds is 9. The number of amides is 1. The lowest BCUT2D eigenvalue weighted by Gasteiger charge is -2.13. The van der Waals surface area contributed by atoms with Gasteiger partial charge in [-0.15, -0.1) is 0 Å². The average Bonchev–Trinajstić information content (AvgIpc) is 3.58. The number of hydrogen-bond donors (Lipinski definition) is 1. The molecule has 1 aromatic heterocycles. The standard InChI is InChI=1S/C23H25N3O2S/c27-21(24-15-18-12-13-18)16-29-23-25-20-11-5-4-10-19(20)22(28)26(23)14-6-9-17-7-2-1-3-8-17/h1-5,7-8,10-11,18H,6,9,12-16H2,(H,24,27). The Morgan fingerprint density at radius 3 is 2.66 bits per heavy atom. The molecule has 0 aliphatic heterocycles. The summed E-state index contributed by atoms with van der Waals surface area (Å²) >= 11 is 1.34. The van der Waals surface area contributed by atoms with Crippen molar-refractivity contribution in [2.24, 2.45) is 5.92 Å². The summed E-state index contributed by atoms with van der Waals surface area (Å²) in [7, 11) is 0. The van der Waals surface area contributed by atoms with Crippen molar-refractivity contribution in [2.45, 2.75) is 37.4 Å². The summed E-state index contributed by atoms with van der Waals surface area (Å²) in [5.74, 6) is 0.926. The van der Waals surface area contributed by atoms with Crippen molar-refractivity contribution >= 4 is 28.6 Å². The normalized spacial score (nSPS) is 13.5. The maximum atomic E-state index is 13.1. The number of aryl methyl sites for hydroxylation is 1. The Bertz CT molecular complexity index is 1040. The molecule has 1 amide bonds. The van der Waals surface area contributed by atoms with E-state index in [4.69, 9.17) is 0 Å². The molecule has 29 heavy (non-hydrogen) atoms. The highest BCUT2D eigenvalue weighted by molar-refractivity contribution is 7.99. The molecule has 1 fully saturated rings. The first-order valence-corrected chi connectivity index (χ1v) is 11.1. The number of hydrogen-bond acceptors (Lipinski definition) is 4. The number of fused-ring (bicyclic) bond motifs is 1. The molecular weight excluding hydrogens is 382 g/mol. The van der Waals surface area contributed by atoms with Crippen LogP contribution in [0.4, 0.5) is 0 Å². The van der Waals surface area contributed by atoms with Crippen LogP contribution >= 0.6 is 11.8 Å². The van der Waals surface area contributed by atoms with E-state index in [0.29, 0.717) is 28.5 Å². The molecule has 1 N–H and O–H groups in total. The van der Waals surface area contributed by atoms with Crippen molar-refractivity contribution in [1.29, 1.82) is 0 Å². The van der Waals surface area contributed by atoms with Gasteiger partial charge in [-0.25, -0.2) is 4.98 Å². The van der Waals surface area contributed by atoms with E-state index in [0.717, 1.165) is 19.4 Å². The number of carbonyl (C=O) groups excluding carboxylic acids is 1. The second-order valence-electron chi connectivity index (χ2n) is 7.49. The fourth-order valence-electron chi connectivity index (χ4n) is 3.30. The first-order valence-electron chi connectivity index (χ1n) is 10.1. The second kappa shape index (κ2) is 9.27. The summed E-state index contributed by atoms with van der Waals surface area (Å²) in [4.78, 5) is 29.9. The summed E-state index contributed by atoms with van der Waals surface area (Å²) in [6.45, 7) is 1.34. The molecule has 5 nitrogen and oxygen atoms in total. The molecule has 1 saturated carbocycles. The van der Waals surface area contributed by atoms with E-state index < -0.39 is 0 Å². The highest BCUT2D eigenvalue weighted by atomic mass is 32.2. The topological polar surface area (TPSA) is 64.0 Å². The van der Waals surface area contributed by atoms with Gasteiger partial charge in [0.15, 0.2) is 5.16 Å². The van der Waals surface area contributed by atoms with Gasteiger partial charge in [-0.05, 0) is 49.3 Å². The van der Waals surface area contributed by atoms with E-state index >= 15 is 0 Å². The van der Waals surface area contributed by atoms with Crippen LogP contribution in [0.25, 0.3) is 10.9 Å². The fraction of sp³-hybridized carbons (Fsp3) is 0.348.